The molecule has 3 heteroatoms. The molecule has 0 unspecified atom stereocenters. The Morgan fingerprint density at radius 3 is 2.70 bits per heavy atom. The first-order valence-corrected chi connectivity index (χ1v) is 8.00. The second kappa shape index (κ2) is 8.28. The minimum atomic E-state index is 0.731. The maximum absolute atomic E-state index is 5.79. The van der Waals surface area contributed by atoms with Gasteiger partial charge in [0.05, 0.1) is 6.61 Å². The van der Waals surface area contributed by atoms with Gasteiger partial charge in [-0.2, -0.15) is 0 Å². The molecule has 3 nitrogen and oxygen atoms in total. The Labute approximate surface area is 123 Å². The first-order valence-electron chi connectivity index (χ1n) is 8.00. The number of hydrogen-bond donors (Lipinski definition) is 1. The second-order valence-corrected chi connectivity index (χ2v) is 5.60. The molecule has 2 rings (SSSR count). The van der Waals surface area contributed by atoms with Crippen molar-refractivity contribution in [1.82, 2.24) is 4.90 Å². The predicted octanol–water partition coefficient (Wildman–Crippen LogP) is 2.96. The third-order valence-electron chi connectivity index (χ3n) is 3.94. The summed E-state index contributed by atoms with van der Waals surface area (Å²) < 4.78 is 5.79. The Bertz CT molecular complexity index is 400. The van der Waals surface area contributed by atoms with Gasteiger partial charge in [-0.3, -0.25) is 4.90 Å². The van der Waals surface area contributed by atoms with E-state index in [1.165, 1.54) is 43.5 Å². The van der Waals surface area contributed by atoms with Gasteiger partial charge in [-0.25, -0.2) is 0 Å². The average Bonchev–Trinajstić information content (AvgIpc) is 2.49. The zero-order chi connectivity index (χ0) is 14.2. The first kappa shape index (κ1) is 15.3. The van der Waals surface area contributed by atoms with Crippen LogP contribution in [0.4, 0.5) is 0 Å². The maximum Gasteiger partial charge on any atom is 0.123 e. The molecule has 1 aromatic carbocycles. The molecule has 0 bridgehead atoms. The second-order valence-electron chi connectivity index (χ2n) is 5.60. The Hall–Kier alpha value is -1.06. The zero-order valence-corrected chi connectivity index (χ0v) is 12.7. The van der Waals surface area contributed by atoms with Crippen LogP contribution in [0.15, 0.2) is 18.2 Å². The number of piperidine rings is 1. The van der Waals surface area contributed by atoms with Crippen molar-refractivity contribution in [1.29, 1.82) is 0 Å². The van der Waals surface area contributed by atoms with Crippen LogP contribution in [0.2, 0.25) is 0 Å². The molecule has 1 aliphatic heterocycles. The van der Waals surface area contributed by atoms with Crippen LogP contribution >= 0.6 is 0 Å². The zero-order valence-electron chi connectivity index (χ0n) is 12.7. The highest BCUT2D eigenvalue weighted by atomic mass is 16.5. The summed E-state index contributed by atoms with van der Waals surface area (Å²) in [6, 6.07) is 6.63. The molecule has 1 aromatic rings. The molecule has 0 aromatic heterocycles. The number of ether oxygens (including phenoxy) is 1. The highest BCUT2D eigenvalue weighted by molar-refractivity contribution is 5.37. The summed E-state index contributed by atoms with van der Waals surface area (Å²) in [7, 11) is 0. The highest BCUT2D eigenvalue weighted by Gasteiger charge is 2.13. The molecular formula is C17H28N2O. The van der Waals surface area contributed by atoms with Gasteiger partial charge in [-0.15, -0.1) is 0 Å². The molecule has 112 valence electrons. The number of rotatable bonds is 7. The van der Waals surface area contributed by atoms with Crippen molar-refractivity contribution in [3.8, 4) is 5.75 Å². The van der Waals surface area contributed by atoms with E-state index in [0.29, 0.717) is 0 Å². The summed E-state index contributed by atoms with van der Waals surface area (Å²) in [6.07, 6.45) is 6.16. The van der Waals surface area contributed by atoms with Gasteiger partial charge in [-0.1, -0.05) is 18.6 Å². The minimum Gasteiger partial charge on any atom is -0.494 e. The van der Waals surface area contributed by atoms with Crippen molar-refractivity contribution in [2.45, 2.75) is 45.6 Å². The van der Waals surface area contributed by atoms with Crippen LogP contribution in [0.1, 0.15) is 43.7 Å². The van der Waals surface area contributed by atoms with Gasteiger partial charge in [0.25, 0.3) is 0 Å². The Morgan fingerprint density at radius 1 is 1.20 bits per heavy atom. The van der Waals surface area contributed by atoms with Gasteiger partial charge in [0.2, 0.25) is 0 Å². The van der Waals surface area contributed by atoms with Crippen LogP contribution in [-0.4, -0.2) is 31.1 Å². The molecule has 1 heterocycles. The molecule has 1 aliphatic rings. The minimum absolute atomic E-state index is 0.731. The summed E-state index contributed by atoms with van der Waals surface area (Å²) in [5, 5.41) is 0. The molecule has 1 saturated heterocycles. The number of likely N-dealkylation sites (tertiary alicyclic amines) is 1. The van der Waals surface area contributed by atoms with Crippen molar-refractivity contribution >= 4 is 0 Å². The van der Waals surface area contributed by atoms with Crippen LogP contribution in [0, 0.1) is 0 Å². The fourth-order valence-corrected chi connectivity index (χ4v) is 2.87. The van der Waals surface area contributed by atoms with E-state index in [2.05, 4.69) is 23.1 Å². The summed E-state index contributed by atoms with van der Waals surface area (Å²) in [5.74, 6) is 1.05. The van der Waals surface area contributed by atoms with Crippen LogP contribution in [0.25, 0.3) is 0 Å². The molecule has 1 fully saturated rings. The van der Waals surface area contributed by atoms with E-state index < -0.39 is 0 Å². The Morgan fingerprint density at radius 2 is 2.00 bits per heavy atom. The fourth-order valence-electron chi connectivity index (χ4n) is 2.87. The number of nitrogens with zero attached hydrogens (tertiary/aromatic N) is 1. The lowest BCUT2D eigenvalue weighted by atomic mass is 10.0. The van der Waals surface area contributed by atoms with Crippen LogP contribution in [-0.2, 0) is 13.0 Å². The number of aryl methyl sites for hydroxylation is 1. The molecule has 20 heavy (non-hydrogen) atoms. The van der Waals surface area contributed by atoms with E-state index in [-0.39, 0.29) is 0 Å². The molecule has 0 amide bonds. The molecular weight excluding hydrogens is 248 g/mol. The van der Waals surface area contributed by atoms with E-state index in [1.54, 1.807) is 0 Å². The number of hydrogen-bond acceptors (Lipinski definition) is 3. The van der Waals surface area contributed by atoms with Crippen LogP contribution in [0.3, 0.4) is 0 Å². The van der Waals surface area contributed by atoms with Crippen molar-refractivity contribution < 1.29 is 4.74 Å². The van der Waals surface area contributed by atoms with Gasteiger partial charge >= 0.3 is 0 Å². The molecule has 0 saturated carbocycles. The summed E-state index contributed by atoms with van der Waals surface area (Å²) in [5.41, 5.74) is 8.33. The Kier molecular flexibility index (Phi) is 6.34. The maximum atomic E-state index is 5.79. The molecule has 0 radical (unpaired) electrons. The summed E-state index contributed by atoms with van der Waals surface area (Å²) >= 11 is 0. The number of benzene rings is 1. The third-order valence-corrected chi connectivity index (χ3v) is 3.94. The molecule has 0 aliphatic carbocycles. The van der Waals surface area contributed by atoms with E-state index in [9.17, 15) is 0 Å². The first-order chi connectivity index (χ1) is 9.83. The smallest absolute Gasteiger partial charge is 0.123 e. The van der Waals surface area contributed by atoms with Crippen molar-refractivity contribution in [2.75, 3.05) is 26.2 Å². The van der Waals surface area contributed by atoms with E-state index in [0.717, 1.165) is 38.3 Å². The van der Waals surface area contributed by atoms with E-state index >= 15 is 0 Å². The molecule has 0 atom stereocenters. The van der Waals surface area contributed by atoms with Crippen molar-refractivity contribution in [3.63, 3.8) is 0 Å². The lowest BCUT2D eigenvalue weighted by Gasteiger charge is -2.27. The molecule has 2 N–H and O–H groups in total. The predicted molar refractivity (Wildman–Crippen MR) is 84.1 cm³/mol. The van der Waals surface area contributed by atoms with Gasteiger partial charge in [0.1, 0.15) is 5.75 Å². The third kappa shape index (κ3) is 4.50. The largest absolute Gasteiger partial charge is 0.494 e. The summed E-state index contributed by atoms with van der Waals surface area (Å²) in [6.45, 7) is 7.00. The van der Waals surface area contributed by atoms with E-state index in [1.807, 2.05) is 6.92 Å². The highest BCUT2D eigenvalue weighted by Crippen LogP contribution is 2.24. The summed E-state index contributed by atoms with van der Waals surface area (Å²) in [4.78, 5) is 2.55. The quantitative estimate of drug-likeness (QED) is 0.832. The van der Waals surface area contributed by atoms with Crippen molar-refractivity contribution in [2.24, 2.45) is 5.73 Å². The lowest BCUT2D eigenvalue weighted by Crippen LogP contribution is -2.29. The Balaban J connectivity index is 2.08. The SMILES string of the molecule is CCOc1ccc(CCCN)cc1CN1CCCCC1. The number of nitrogens with two attached hydrogens (primary N) is 1. The normalized spacial score (nSPS) is 16.3. The fraction of sp³-hybridized carbons (Fsp3) is 0.647. The van der Waals surface area contributed by atoms with E-state index in [4.69, 9.17) is 10.5 Å². The van der Waals surface area contributed by atoms with Crippen LogP contribution < -0.4 is 10.5 Å². The topological polar surface area (TPSA) is 38.5 Å². The monoisotopic (exact) mass is 276 g/mol. The lowest BCUT2D eigenvalue weighted by molar-refractivity contribution is 0.216. The van der Waals surface area contributed by atoms with Crippen molar-refractivity contribution in [3.05, 3.63) is 29.3 Å². The van der Waals surface area contributed by atoms with Crippen LogP contribution in [0.5, 0.6) is 5.75 Å². The molecule has 0 spiro atoms. The standard InChI is InChI=1S/C17H28N2O/c1-2-20-17-9-8-15(7-6-10-18)13-16(17)14-19-11-4-3-5-12-19/h8-9,13H,2-7,10-12,14,18H2,1H3. The average molecular weight is 276 g/mol. The van der Waals surface area contributed by atoms with Gasteiger partial charge < -0.3 is 10.5 Å². The van der Waals surface area contributed by atoms with Gasteiger partial charge in [0, 0.05) is 12.1 Å². The van der Waals surface area contributed by atoms with Gasteiger partial charge in [0.15, 0.2) is 0 Å². The van der Waals surface area contributed by atoms with Gasteiger partial charge in [-0.05, 0) is 63.9 Å².